The van der Waals surface area contributed by atoms with Gasteiger partial charge in [-0.3, -0.25) is 9.88 Å². The lowest BCUT2D eigenvalue weighted by Crippen LogP contribution is -2.36. The number of likely N-dealkylation sites (tertiary alicyclic amines) is 1. The van der Waals surface area contributed by atoms with Gasteiger partial charge < -0.3 is 4.90 Å². The van der Waals surface area contributed by atoms with Crippen LogP contribution in [0.3, 0.4) is 0 Å². The molecule has 2 aromatic heterocycles. The highest BCUT2D eigenvalue weighted by atomic mass is 32.1. The molecule has 6 heteroatoms. The van der Waals surface area contributed by atoms with Crippen LogP contribution in [0.4, 0.5) is 5.13 Å². The van der Waals surface area contributed by atoms with Gasteiger partial charge in [0.2, 0.25) is 5.13 Å². The molecule has 0 saturated carbocycles. The number of pyridine rings is 1. The monoisotopic (exact) mass is 287 g/mol. The lowest BCUT2D eigenvalue weighted by Gasteiger charge is -2.25. The van der Waals surface area contributed by atoms with Crippen LogP contribution in [0.15, 0.2) is 30.0 Å². The quantitative estimate of drug-likeness (QED) is 0.861. The van der Waals surface area contributed by atoms with Gasteiger partial charge in [0.05, 0.1) is 0 Å². The first-order valence-corrected chi connectivity index (χ1v) is 7.95. The average Bonchev–Trinajstić information content (AvgIpc) is 3.18. The third kappa shape index (κ3) is 2.09. The van der Waals surface area contributed by atoms with Crippen molar-refractivity contribution in [2.45, 2.75) is 31.5 Å². The van der Waals surface area contributed by atoms with E-state index in [-0.39, 0.29) is 0 Å². The first kappa shape index (κ1) is 12.2. The SMILES string of the molecule is c1cc(CN2CC[C@H]3[C@H]2CCN3c2nncs2)ccn1. The second-order valence-electron chi connectivity index (χ2n) is 5.45. The highest BCUT2D eigenvalue weighted by Gasteiger charge is 2.43. The van der Waals surface area contributed by atoms with Crippen molar-refractivity contribution in [2.75, 3.05) is 18.0 Å². The maximum Gasteiger partial charge on any atom is 0.208 e. The van der Waals surface area contributed by atoms with E-state index in [1.54, 1.807) is 11.3 Å². The standard InChI is InChI=1S/C14H17N5S/c1-5-15-6-2-11(1)9-18-7-3-13-12(18)4-8-19(13)14-17-16-10-20-14/h1-2,5-6,10,12-13H,3-4,7-9H2/t12-,13+/m1/s1. The van der Waals surface area contributed by atoms with Gasteiger partial charge in [-0.2, -0.15) is 0 Å². The van der Waals surface area contributed by atoms with Gasteiger partial charge >= 0.3 is 0 Å². The number of aromatic nitrogens is 3. The van der Waals surface area contributed by atoms with Gasteiger partial charge in [-0.15, -0.1) is 10.2 Å². The summed E-state index contributed by atoms with van der Waals surface area (Å²) in [5.74, 6) is 0. The fourth-order valence-electron chi connectivity index (χ4n) is 3.52. The van der Waals surface area contributed by atoms with Crippen LogP contribution < -0.4 is 4.90 Å². The Morgan fingerprint density at radius 1 is 1.15 bits per heavy atom. The van der Waals surface area contributed by atoms with Crippen molar-refractivity contribution in [1.82, 2.24) is 20.1 Å². The summed E-state index contributed by atoms with van der Waals surface area (Å²) in [7, 11) is 0. The molecule has 0 radical (unpaired) electrons. The predicted molar refractivity (Wildman–Crippen MR) is 78.7 cm³/mol. The van der Waals surface area contributed by atoms with Crippen molar-refractivity contribution in [3.63, 3.8) is 0 Å². The molecule has 104 valence electrons. The van der Waals surface area contributed by atoms with E-state index in [1.807, 2.05) is 17.9 Å². The van der Waals surface area contributed by atoms with Crippen LogP contribution in [0.25, 0.3) is 0 Å². The highest BCUT2D eigenvalue weighted by Crippen LogP contribution is 2.36. The van der Waals surface area contributed by atoms with Gasteiger partial charge in [-0.25, -0.2) is 0 Å². The van der Waals surface area contributed by atoms with E-state index < -0.39 is 0 Å². The number of nitrogens with zero attached hydrogens (tertiary/aromatic N) is 5. The summed E-state index contributed by atoms with van der Waals surface area (Å²) in [4.78, 5) is 9.16. The largest absolute Gasteiger partial charge is 0.342 e. The topological polar surface area (TPSA) is 45.2 Å². The van der Waals surface area contributed by atoms with Crippen LogP contribution in [0, 0.1) is 0 Å². The van der Waals surface area contributed by atoms with Crippen molar-refractivity contribution in [3.05, 3.63) is 35.6 Å². The molecule has 0 unspecified atom stereocenters. The zero-order valence-electron chi connectivity index (χ0n) is 11.2. The highest BCUT2D eigenvalue weighted by molar-refractivity contribution is 7.13. The molecule has 5 nitrogen and oxygen atoms in total. The van der Waals surface area contributed by atoms with Crippen molar-refractivity contribution in [3.8, 4) is 0 Å². The number of hydrogen-bond donors (Lipinski definition) is 0. The first-order chi connectivity index (χ1) is 9.92. The van der Waals surface area contributed by atoms with Crippen molar-refractivity contribution >= 4 is 16.5 Å². The zero-order valence-corrected chi connectivity index (χ0v) is 12.0. The van der Waals surface area contributed by atoms with E-state index in [4.69, 9.17) is 0 Å². The normalized spacial score (nSPS) is 26.1. The molecule has 2 aliphatic heterocycles. The molecule has 4 rings (SSSR count). The van der Waals surface area contributed by atoms with E-state index in [2.05, 4.69) is 37.1 Å². The number of hydrogen-bond acceptors (Lipinski definition) is 6. The summed E-state index contributed by atoms with van der Waals surface area (Å²) in [6, 6.07) is 5.51. The predicted octanol–water partition coefficient (Wildman–Crippen LogP) is 1.79. The Bertz CT molecular complexity index is 558. The number of anilines is 1. The number of rotatable bonds is 3. The Kier molecular flexibility index (Phi) is 3.12. The maximum atomic E-state index is 4.24. The summed E-state index contributed by atoms with van der Waals surface area (Å²) in [6.07, 6.45) is 6.22. The molecule has 2 aliphatic rings. The average molecular weight is 287 g/mol. The van der Waals surface area contributed by atoms with E-state index in [0.717, 1.165) is 18.2 Å². The summed E-state index contributed by atoms with van der Waals surface area (Å²) in [5.41, 5.74) is 3.18. The minimum atomic E-state index is 0.616. The first-order valence-electron chi connectivity index (χ1n) is 7.07. The Balaban J connectivity index is 1.48. The molecular formula is C14H17N5S. The Labute approximate surface area is 122 Å². The second-order valence-corrected chi connectivity index (χ2v) is 6.26. The minimum absolute atomic E-state index is 0.616. The third-order valence-electron chi connectivity index (χ3n) is 4.42. The van der Waals surface area contributed by atoms with Crippen molar-refractivity contribution in [2.24, 2.45) is 0 Å². The van der Waals surface area contributed by atoms with Crippen LogP contribution in [0.2, 0.25) is 0 Å². The van der Waals surface area contributed by atoms with Crippen molar-refractivity contribution < 1.29 is 0 Å². The summed E-state index contributed by atoms with van der Waals surface area (Å²) >= 11 is 1.65. The Morgan fingerprint density at radius 2 is 2.00 bits per heavy atom. The molecule has 0 bridgehead atoms. The Morgan fingerprint density at radius 3 is 2.80 bits per heavy atom. The molecule has 2 atom stereocenters. The molecular weight excluding hydrogens is 270 g/mol. The van der Waals surface area contributed by atoms with Gasteiger partial charge in [-0.1, -0.05) is 11.3 Å². The molecule has 0 amide bonds. The van der Waals surface area contributed by atoms with E-state index >= 15 is 0 Å². The Hall–Kier alpha value is -1.53. The van der Waals surface area contributed by atoms with E-state index in [0.29, 0.717) is 12.1 Å². The maximum absolute atomic E-state index is 4.24. The van der Waals surface area contributed by atoms with Crippen molar-refractivity contribution in [1.29, 1.82) is 0 Å². The third-order valence-corrected chi connectivity index (χ3v) is 5.15. The molecule has 0 spiro atoms. The van der Waals surface area contributed by atoms with E-state index in [1.165, 1.54) is 24.9 Å². The summed E-state index contributed by atoms with van der Waals surface area (Å²) < 4.78 is 0. The number of fused-ring (bicyclic) bond motifs is 1. The van der Waals surface area contributed by atoms with Gasteiger partial charge in [0.15, 0.2) is 0 Å². The van der Waals surface area contributed by atoms with E-state index in [9.17, 15) is 0 Å². The second kappa shape index (κ2) is 5.10. The van der Waals surface area contributed by atoms with Crippen LogP contribution >= 0.6 is 11.3 Å². The summed E-state index contributed by atoms with van der Waals surface area (Å²) in [5, 5.41) is 9.30. The molecule has 2 saturated heterocycles. The van der Waals surface area contributed by atoms with Crippen LogP contribution in [-0.2, 0) is 6.54 Å². The lowest BCUT2D eigenvalue weighted by atomic mass is 10.1. The molecule has 2 fully saturated rings. The lowest BCUT2D eigenvalue weighted by molar-refractivity contribution is 0.246. The van der Waals surface area contributed by atoms with Gasteiger partial charge in [0.25, 0.3) is 0 Å². The van der Waals surface area contributed by atoms with Gasteiger partial charge in [0, 0.05) is 44.1 Å². The van der Waals surface area contributed by atoms with Crippen LogP contribution in [-0.4, -0.2) is 45.3 Å². The van der Waals surface area contributed by atoms with Gasteiger partial charge in [0.1, 0.15) is 5.51 Å². The molecule has 0 N–H and O–H groups in total. The molecule has 0 aliphatic carbocycles. The fourth-order valence-corrected chi connectivity index (χ4v) is 4.17. The van der Waals surface area contributed by atoms with Gasteiger partial charge in [-0.05, 0) is 30.5 Å². The van der Waals surface area contributed by atoms with Crippen LogP contribution in [0.1, 0.15) is 18.4 Å². The smallest absolute Gasteiger partial charge is 0.208 e. The fraction of sp³-hybridized carbons (Fsp3) is 0.500. The zero-order chi connectivity index (χ0) is 13.4. The van der Waals surface area contributed by atoms with Crippen LogP contribution in [0.5, 0.6) is 0 Å². The minimum Gasteiger partial charge on any atom is -0.342 e. The summed E-state index contributed by atoms with van der Waals surface area (Å²) in [6.45, 7) is 3.32. The molecule has 20 heavy (non-hydrogen) atoms. The molecule has 0 aromatic carbocycles. The molecule has 4 heterocycles. The molecule has 2 aromatic rings.